The van der Waals surface area contributed by atoms with Crippen LogP contribution in [0.15, 0.2) is 0 Å². The molecule has 1 aliphatic heterocycles. The zero-order valence-electron chi connectivity index (χ0n) is 5.99. The Bertz CT molecular complexity index is 224. The molecule has 70 valence electrons. The fourth-order valence-corrected chi connectivity index (χ4v) is 0.547. The molecule has 1 aliphatic rings. The molecular weight excluding hydrogens is 186 g/mol. The van der Waals surface area contributed by atoms with Crippen LogP contribution in [0.1, 0.15) is 0 Å². The van der Waals surface area contributed by atoms with Crippen molar-refractivity contribution >= 4 is 23.5 Å². The van der Waals surface area contributed by atoms with Crippen LogP contribution in [-0.2, 0) is 21.0 Å². The van der Waals surface area contributed by atoms with Gasteiger partial charge in [0.15, 0.2) is 6.10 Å². The SMILES string of the molecule is N=[SH2]=O.NC(=O)C1CNC(=O)O1. The quantitative estimate of drug-likeness (QED) is 0.448. The number of hydrogen-bond donors (Lipinski definition) is 3. The van der Waals surface area contributed by atoms with E-state index >= 15 is 0 Å². The second-order valence-corrected chi connectivity index (χ2v) is 1.98. The Kier molecular flexibility index (Phi) is 4.77. The molecular formula is C4H9N3O4S. The fourth-order valence-electron chi connectivity index (χ4n) is 0.547. The lowest BCUT2D eigenvalue weighted by molar-refractivity contribution is -0.124. The minimum Gasteiger partial charge on any atom is -0.434 e. The fraction of sp³-hybridized carbons (Fsp3) is 0.500. The molecule has 8 heteroatoms. The maximum absolute atomic E-state index is 10.3. The molecule has 12 heavy (non-hydrogen) atoms. The average molecular weight is 195 g/mol. The largest absolute Gasteiger partial charge is 0.434 e. The molecule has 0 aromatic carbocycles. The van der Waals surface area contributed by atoms with Gasteiger partial charge in [-0.15, -0.1) is 0 Å². The lowest BCUT2D eigenvalue weighted by atomic mass is 10.3. The molecule has 1 fully saturated rings. The van der Waals surface area contributed by atoms with Crippen molar-refractivity contribution in [1.82, 2.24) is 5.32 Å². The van der Waals surface area contributed by atoms with E-state index in [1.807, 2.05) is 0 Å². The first kappa shape index (κ1) is 10.7. The van der Waals surface area contributed by atoms with E-state index in [-0.39, 0.29) is 6.54 Å². The second-order valence-electron chi connectivity index (χ2n) is 1.78. The zero-order valence-corrected chi connectivity index (χ0v) is 6.99. The first-order valence-corrected chi connectivity index (χ1v) is 3.80. The molecule has 1 unspecified atom stereocenters. The van der Waals surface area contributed by atoms with Crippen LogP contribution in [0.2, 0.25) is 0 Å². The number of nitrogens with one attached hydrogen (secondary N) is 2. The van der Waals surface area contributed by atoms with Crippen molar-refractivity contribution in [3.05, 3.63) is 0 Å². The summed E-state index contributed by atoms with van der Waals surface area (Å²) in [6.45, 7) is 0.189. The van der Waals surface area contributed by atoms with Gasteiger partial charge >= 0.3 is 6.09 Å². The molecule has 0 spiro atoms. The molecule has 0 saturated carbocycles. The minimum atomic E-state index is -0.917. The Morgan fingerprint density at radius 2 is 2.33 bits per heavy atom. The summed E-state index contributed by atoms with van der Waals surface area (Å²) in [7, 11) is 0. The lowest BCUT2D eigenvalue weighted by Crippen LogP contribution is -2.31. The van der Waals surface area contributed by atoms with Gasteiger partial charge in [0.05, 0.1) is 6.54 Å². The van der Waals surface area contributed by atoms with Gasteiger partial charge in [0.2, 0.25) is 0 Å². The van der Waals surface area contributed by atoms with Crippen LogP contribution in [-0.4, -0.2) is 28.9 Å². The summed E-state index contributed by atoms with van der Waals surface area (Å²) in [6, 6.07) is 0. The third-order valence-electron chi connectivity index (χ3n) is 0.998. The van der Waals surface area contributed by atoms with Crippen molar-refractivity contribution in [3.8, 4) is 0 Å². The van der Waals surface area contributed by atoms with Crippen LogP contribution in [0.5, 0.6) is 0 Å². The lowest BCUT2D eigenvalue weighted by Gasteiger charge is -1.98. The number of alkyl carbamates (subject to hydrolysis) is 1. The Balaban J connectivity index is 0.000000354. The topological polar surface area (TPSA) is 122 Å². The summed E-state index contributed by atoms with van der Waals surface area (Å²) >= 11 is -0.917. The highest BCUT2D eigenvalue weighted by atomic mass is 32.1. The number of cyclic esters (lactones) is 1. The van der Waals surface area contributed by atoms with Crippen LogP contribution < -0.4 is 11.1 Å². The monoisotopic (exact) mass is 195 g/mol. The standard InChI is InChI=1S/C4H6N2O3.H3NOS/c5-3(7)2-1-6-4(8)9-2;1-3-2/h2H,1H2,(H2,5,7)(H,6,8);1H,3H2. The molecule has 2 amide bonds. The maximum Gasteiger partial charge on any atom is 0.408 e. The van der Waals surface area contributed by atoms with Gasteiger partial charge in [0.25, 0.3) is 5.91 Å². The number of rotatable bonds is 1. The second kappa shape index (κ2) is 5.35. The van der Waals surface area contributed by atoms with Gasteiger partial charge in [-0.1, -0.05) is 0 Å². The molecule has 1 saturated heterocycles. The molecule has 0 radical (unpaired) electrons. The number of hydrogen-bond acceptors (Lipinski definition) is 5. The zero-order chi connectivity index (χ0) is 9.56. The van der Waals surface area contributed by atoms with E-state index in [0.29, 0.717) is 0 Å². The van der Waals surface area contributed by atoms with Crippen LogP contribution in [0.3, 0.4) is 0 Å². The summed E-state index contributed by atoms with van der Waals surface area (Å²) in [4.78, 5) is 20.5. The molecule has 1 rings (SSSR count). The molecule has 4 N–H and O–H groups in total. The molecule has 0 aromatic heterocycles. The van der Waals surface area contributed by atoms with E-state index in [4.69, 9.17) is 14.7 Å². The highest BCUT2D eigenvalue weighted by Crippen LogP contribution is 1.97. The number of carbonyl (C=O) groups is 2. The number of carbonyl (C=O) groups excluding carboxylic acids is 2. The molecule has 0 aromatic rings. The third-order valence-corrected chi connectivity index (χ3v) is 0.998. The van der Waals surface area contributed by atoms with E-state index < -0.39 is 29.6 Å². The van der Waals surface area contributed by atoms with E-state index in [1.165, 1.54) is 0 Å². The Labute approximate surface area is 71.3 Å². The molecule has 0 bridgehead atoms. The van der Waals surface area contributed by atoms with Gasteiger partial charge in [-0.25, -0.2) is 4.79 Å². The van der Waals surface area contributed by atoms with E-state index in [2.05, 4.69) is 10.1 Å². The van der Waals surface area contributed by atoms with Crippen molar-refractivity contribution in [2.45, 2.75) is 6.10 Å². The van der Waals surface area contributed by atoms with Crippen LogP contribution in [0, 0.1) is 4.78 Å². The van der Waals surface area contributed by atoms with Crippen molar-refractivity contribution in [1.29, 1.82) is 4.78 Å². The predicted molar refractivity (Wildman–Crippen MR) is 41.1 cm³/mol. The first-order valence-electron chi connectivity index (χ1n) is 2.89. The third kappa shape index (κ3) is 3.76. The Morgan fingerprint density at radius 1 is 1.83 bits per heavy atom. The summed E-state index contributed by atoms with van der Waals surface area (Å²) in [5, 5.41) is 2.29. The summed E-state index contributed by atoms with van der Waals surface area (Å²) in [6.07, 6.45) is -1.36. The Morgan fingerprint density at radius 3 is 2.50 bits per heavy atom. The van der Waals surface area contributed by atoms with E-state index in [9.17, 15) is 9.59 Å². The van der Waals surface area contributed by atoms with Gasteiger partial charge in [0.1, 0.15) is 0 Å². The van der Waals surface area contributed by atoms with Crippen molar-refractivity contribution in [2.24, 2.45) is 5.73 Å². The first-order chi connectivity index (χ1) is 5.61. The van der Waals surface area contributed by atoms with Crippen molar-refractivity contribution in [2.75, 3.05) is 6.54 Å². The number of ether oxygens (including phenoxy) is 1. The van der Waals surface area contributed by atoms with Gasteiger partial charge in [-0.2, -0.15) is 0 Å². The number of primary amides is 1. The molecule has 1 atom stereocenters. The molecule has 1 heterocycles. The minimum absolute atomic E-state index is 0.189. The Hall–Kier alpha value is -1.31. The smallest absolute Gasteiger partial charge is 0.408 e. The van der Waals surface area contributed by atoms with E-state index in [1.54, 1.807) is 0 Å². The summed E-state index contributed by atoms with van der Waals surface area (Å²) < 4.78 is 18.7. The molecule has 0 aliphatic carbocycles. The molecule has 7 nitrogen and oxygen atoms in total. The van der Waals surface area contributed by atoms with E-state index in [0.717, 1.165) is 0 Å². The van der Waals surface area contributed by atoms with Crippen molar-refractivity contribution < 1.29 is 18.5 Å². The van der Waals surface area contributed by atoms with Crippen LogP contribution in [0.4, 0.5) is 4.79 Å². The van der Waals surface area contributed by atoms with Crippen LogP contribution >= 0.6 is 0 Å². The van der Waals surface area contributed by atoms with Gasteiger partial charge in [-0.05, 0) is 0 Å². The van der Waals surface area contributed by atoms with Gasteiger partial charge in [-0.3, -0.25) is 13.8 Å². The predicted octanol–water partition coefficient (Wildman–Crippen LogP) is -1.99. The highest BCUT2D eigenvalue weighted by molar-refractivity contribution is 7.53. The summed E-state index contributed by atoms with van der Waals surface area (Å²) in [5.74, 6) is -0.617. The van der Waals surface area contributed by atoms with Gasteiger partial charge < -0.3 is 15.8 Å². The summed E-state index contributed by atoms with van der Waals surface area (Å²) in [5.41, 5.74) is 4.80. The highest BCUT2D eigenvalue weighted by Gasteiger charge is 2.26. The average Bonchev–Trinajstić information content (AvgIpc) is 2.37. The maximum atomic E-state index is 10.3. The number of amides is 2. The number of nitrogens with two attached hydrogens (primary N) is 1. The normalized spacial score (nSPS) is 21.0. The van der Waals surface area contributed by atoms with Gasteiger partial charge in [0, 0.05) is 11.5 Å². The van der Waals surface area contributed by atoms with Crippen LogP contribution in [0.25, 0.3) is 0 Å². The van der Waals surface area contributed by atoms with Crippen molar-refractivity contribution in [3.63, 3.8) is 0 Å².